The summed E-state index contributed by atoms with van der Waals surface area (Å²) in [6.45, 7) is 6.52. The van der Waals surface area contributed by atoms with Crippen molar-refractivity contribution in [1.82, 2.24) is 0 Å². The van der Waals surface area contributed by atoms with E-state index >= 15 is 0 Å². The van der Waals surface area contributed by atoms with Crippen LogP contribution in [0.2, 0.25) is 0 Å². The van der Waals surface area contributed by atoms with E-state index in [0.29, 0.717) is 19.3 Å². The van der Waals surface area contributed by atoms with E-state index in [4.69, 9.17) is 14.2 Å². The maximum atomic E-state index is 12.8. The zero-order chi connectivity index (χ0) is 46.5. The van der Waals surface area contributed by atoms with Gasteiger partial charge in [-0.05, 0) is 83.5 Å². The van der Waals surface area contributed by atoms with Crippen molar-refractivity contribution in [3.63, 3.8) is 0 Å². The molecule has 6 heteroatoms. The summed E-state index contributed by atoms with van der Waals surface area (Å²) in [7, 11) is 0. The lowest BCUT2D eigenvalue weighted by atomic mass is 10.0. The average Bonchev–Trinajstić information content (AvgIpc) is 3.29. The van der Waals surface area contributed by atoms with Crippen molar-refractivity contribution in [2.75, 3.05) is 13.2 Å². The number of rotatable bonds is 48. The lowest BCUT2D eigenvalue weighted by Gasteiger charge is -2.18. The summed E-state index contributed by atoms with van der Waals surface area (Å²) in [6.07, 6.45) is 66.0. The first kappa shape index (κ1) is 60.9. The molecule has 0 aromatic carbocycles. The summed E-state index contributed by atoms with van der Waals surface area (Å²) in [6, 6.07) is 0. The van der Waals surface area contributed by atoms with Crippen LogP contribution in [0.4, 0.5) is 0 Å². The largest absolute Gasteiger partial charge is 0.462 e. The van der Waals surface area contributed by atoms with Gasteiger partial charge in [0.15, 0.2) is 6.10 Å². The third-order valence-electron chi connectivity index (χ3n) is 11.4. The van der Waals surface area contributed by atoms with Gasteiger partial charge in [0, 0.05) is 19.3 Å². The number of hydrogen-bond donors (Lipinski definition) is 0. The van der Waals surface area contributed by atoms with Crippen molar-refractivity contribution in [3.05, 3.63) is 72.9 Å². The maximum absolute atomic E-state index is 12.8. The molecule has 0 unspecified atom stereocenters. The zero-order valence-corrected chi connectivity index (χ0v) is 42.0. The molecular formula is C58H100O6. The SMILES string of the molecule is CCCC/C=C\C/C=C\CCCCCCCC(=O)OC[C@H](COC(=O)CCC/C=C\C/C=C\C/C=C\C/C=C\CCCCC)OC(=O)CCCCCCCCCCCCCCCCC. The number of unbranched alkanes of at least 4 members (excludes halogenated alkanes) is 25. The predicted octanol–water partition coefficient (Wildman–Crippen LogP) is 17.8. The van der Waals surface area contributed by atoms with E-state index in [1.807, 2.05) is 0 Å². The molecule has 0 aromatic heterocycles. The molecule has 0 aromatic rings. The molecule has 368 valence electrons. The Morgan fingerprint density at radius 1 is 0.312 bits per heavy atom. The van der Waals surface area contributed by atoms with Gasteiger partial charge in [0.1, 0.15) is 13.2 Å². The Bertz CT molecular complexity index is 1210. The topological polar surface area (TPSA) is 78.9 Å². The minimum Gasteiger partial charge on any atom is -0.462 e. The third-order valence-corrected chi connectivity index (χ3v) is 11.4. The molecular weight excluding hydrogens is 793 g/mol. The molecule has 6 nitrogen and oxygen atoms in total. The van der Waals surface area contributed by atoms with E-state index in [1.54, 1.807) is 0 Å². The van der Waals surface area contributed by atoms with Crippen LogP contribution in [0.1, 0.15) is 258 Å². The van der Waals surface area contributed by atoms with Crippen LogP contribution in [-0.4, -0.2) is 37.2 Å². The number of hydrogen-bond acceptors (Lipinski definition) is 6. The Labute approximate surface area is 395 Å². The van der Waals surface area contributed by atoms with Gasteiger partial charge < -0.3 is 14.2 Å². The molecule has 0 bridgehead atoms. The van der Waals surface area contributed by atoms with E-state index < -0.39 is 6.10 Å². The highest BCUT2D eigenvalue weighted by molar-refractivity contribution is 5.71. The second-order valence-corrected chi connectivity index (χ2v) is 17.8. The van der Waals surface area contributed by atoms with Gasteiger partial charge in [-0.25, -0.2) is 0 Å². The monoisotopic (exact) mass is 893 g/mol. The van der Waals surface area contributed by atoms with Crippen LogP contribution < -0.4 is 0 Å². The fraction of sp³-hybridized carbons (Fsp3) is 0.741. The van der Waals surface area contributed by atoms with Crippen LogP contribution in [0.3, 0.4) is 0 Å². The van der Waals surface area contributed by atoms with Crippen LogP contribution in [-0.2, 0) is 28.6 Å². The van der Waals surface area contributed by atoms with Crippen molar-refractivity contribution in [2.24, 2.45) is 0 Å². The second-order valence-electron chi connectivity index (χ2n) is 17.8. The number of esters is 3. The van der Waals surface area contributed by atoms with E-state index in [2.05, 4.69) is 93.7 Å². The van der Waals surface area contributed by atoms with E-state index in [9.17, 15) is 14.4 Å². The second kappa shape index (κ2) is 52.5. The van der Waals surface area contributed by atoms with Gasteiger partial charge in [-0.15, -0.1) is 0 Å². The number of carbonyl (C=O) groups excluding carboxylic acids is 3. The molecule has 0 amide bonds. The number of carbonyl (C=O) groups is 3. The summed E-state index contributed by atoms with van der Waals surface area (Å²) in [4.78, 5) is 38.0. The van der Waals surface area contributed by atoms with Gasteiger partial charge in [0.25, 0.3) is 0 Å². The molecule has 0 fully saturated rings. The average molecular weight is 893 g/mol. The van der Waals surface area contributed by atoms with Gasteiger partial charge >= 0.3 is 17.9 Å². The molecule has 0 saturated heterocycles. The first-order valence-electron chi connectivity index (χ1n) is 26.9. The first-order valence-corrected chi connectivity index (χ1v) is 26.9. The Kier molecular flexibility index (Phi) is 49.9. The van der Waals surface area contributed by atoms with Crippen molar-refractivity contribution < 1.29 is 28.6 Å². The fourth-order valence-corrected chi connectivity index (χ4v) is 7.33. The third kappa shape index (κ3) is 49.9. The molecule has 0 rings (SSSR count). The molecule has 64 heavy (non-hydrogen) atoms. The van der Waals surface area contributed by atoms with Crippen molar-refractivity contribution >= 4 is 17.9 Å². The standard InChI is InChI=1S/C58H100O6/c1-4-7-10-13-16-19-22-25-28-29-31-33-36-39-42-45-48-51-57(60)63-54-55(53-62-56(59)50-47-44-41-38-35-32-27-24-21-18-15-12-9-6-3)64-58(61)52-49-46-43-40-37-34-30-26-23-20-17-14-11-8-5-2/h15-16,18-19,24-25,27-28,31,33,39,42,55H,4-14,17,20-23,26,29-30,32,34-38,40-41,43-54H2,1-3H3/b18-15-,19-16-,27-24-,28-25-,33-31-,42-39-/t55-/m1/s1. The summed E-state index contributed by atoms with van der Waals surface area (Å²) in [5, 5.41) is 0. The van der Waals surface area contributed by atoms with Crippen LogP contribution >= 0.6 is 0 Å². The number of ether oxygens (including phenoxy) is 3. The molecule has 1 atom stereocenters. The molecule has 0 saturated carbocycles. The normalized spacial score (nSPS) is 12.6. The van der Waals surface area contributed by atoms with Crippen LogP contribution in [0, 0.1) is 0 Å². The van der Waals surface area contributed by atoms with E-state index in [-0.39, 0.29) is 37.5 Å². The van der Waals surface area contributed by atoms with Crippen molar-refractivity contribution in [3.8, 4) is 0 Å². The molecule has 0 N–H and O–H groups in total. The summed E-state index contributed by atoms with van der Waals surface area (Å²) in [5.41, 5.74) is 0. The van der Waals surface area contributed by atoms with Crippen molar-refractivity contribution in [2.45, 2.75) is 264 Å². The van der Waals surface area contributed by atoms with Crippen LogP contribution in [0.5, 0.6) is 0 Å². The Morgan fingerprint density at radius 2 is 0.594 bits per heavy atom. The highest BCUT2D eigenvalue weighted by Crippen LogP contribution is 2.15. The molecule has 0 aliphatic carbocycles. The fourth-order valence-electron chi connectivity index (χ4n) is 7.33. The summed E-state index contributed by atoms with van der Waals surface area (Å²) in [5.74, 6) is -0.963. The Morgan fingerprint density at radius 3 is 1.02 bits per heavy atom. The lowest BCUT2D eigenvalue weighted by molar-refractivity contribution is -0.167. The van der Waals surface area contributed by atoms with Gasteiger partial charge in [-0.3, -0.25) is 14.4 Å². The lowest BCUT2D eigenvalue weighted by Crippen LogP contribution is -2.30. The number of allylic oxidation sites excluding steroid dienone is 12. The van der Waals surface area contributed by atoms with Gasteiger partial charge in [0.05, 0.1) is 0 Å². The van der Waals surface area contributed by atoms with Gasteiger partial charge in [0.2, 0.25) is 0 Å². The molecule has 0 aliphatic heterocycles. The minimum absolute atomic E-state index is 0.0982. The predicted molar refractivity (Wildman–Crippen MR) is 274 cm³/mol. The highest BCUT2D eigenvalue weighted by atomic mass is 16.6. The summed E-state index contributed by atoms with van der Waals surface area (Å²) < 4.78 is 16.8. The smallest absolute Gasteiger partial charge is 0.306 e. The van der Waals surface area contributed by atoms with E-state index in [1.165, 1.54) is 122 Å². The Balaban J connectivity index is 4.48. The highest BCUT2D eigenvalue weighted by Gasteiger charge is 2.19. The molecule has 0 spiro atoms. The van der Waals surface area contributed by atoms with Gasteiger partial charge in [-0.1, -0.05) is 229 Å². The molecule has 0 radical (unpaired) electrons. The van der Waals surface area contributed by atoms with Crippen molar-refractivity contribution in [1.29, 1.82) is 0 Å². The Hall–Kier alpha value is -3.15. The first-order chi connectivity index (χ1) is 31.5. The quantitative estimate of drug-likeness (QED) is 0.0262. The summed E-state index contributed by atoms with van der Waals surface area (Å²) >= 11 is 0. The molecule has 0 heterocycles. The maximum Gasteiger partial charge on any atom is 0.306 e. The van der Waals surface area contributed by atoms with Gasteiger partial charge in [-0.2, -0.15) is 0 Å². The zero-order valence-electron chi connectivity index (χ0n) is 42.0. The molecule has 0 aliphatic rings. The minimum atomic E-state index is -0.801. The van der Waals surface area contributed by atoms with E-state index in [0.717, 1.165) is 89.9 Å². The van der Waals surface area contributed by atoms with Crippen LogP contribution in [0.15, 0.2) is 72.9 Å². The van der Waals surface area contributed by atoms with Crippen LogP contribution in [0.25, 0.3) is 0 Å².